The number of sulfonamides is 1. The van der Waals surface area contributed by atoms with Gasteiger partial charge in [0.25, 0.3) is 5.91 Å². The van der Waals surface area contributed by atoms with E-state index in [2.05, 4.69) is 15.4 Å². The monoisotopic (exact) mass is 537 g/mol. The van der Waals surface area contributed by atoms with E-state index in [4.69, 9.17) is 4.74 Å². The number of amides is 1. The van der Waals surface area contributed by atoms with Gasteiger partial charge in [-0.1, -0.05) is 24.3 Å². The molecule has 5 rings (SSSR count). The van der Waals surface area contributed by atoms with Crippen LogP contribution in [0.1, 0.15) is 40.3 Å². The molecule has 198 valence electrons. The minimum absolute atomic E-state index is 0.0147. The van der Waals surface area contributed by atoms with Crippen LogP contribution < -0.4 is 10.1 Å². The second-order valence-corrected chi connectivity index (χ2v) is 11.2. The van der Waals surface area contributed by atoms with E-state index in [0.29, 0.717) is 41.1 Å². The number of hydrogen-bond acceptors (Lipinski definition) is 6. The summed E-state index contributed by atoms with van der Waals surface area (Å²) in [6.45, 7) is 4.52. The van der Waals surface area contributed by atoms with Gasteiger partial charge in [-0.3, -0.25) is 4.79 Å². The zero-order valence-corrected chi connectivity index (χ0v) is 22.2. The summed E-state index contributed by atoms with van der Waals surface area (Å²) in [7, 11) is -2.41. The number of nitrogens with one attached hydrogen (secondary N) is 1. The lowest BCUT2D eigenvalue weighted by Crippen LogP contribution is -2.28. The van der Waals surface area contributed by atoms with Gasteiger partial charge in [-0.15, -0.1) is 0 Å². The van der Waals surface area contributed by atoms with Gasteiger partial charge in [0, 0.05) is 36.6 Å². The topological polar surface area (TPSA) is 106 Å². The Balaban J connectivity index is 1.65. The number of halogens is 1. The summed E-state index contributed by atoms with van der Waals surface area (Å²) in [4.78, 5) is 18.1. The summed E-state index contributed by atoms with van der Waals surface area (Å²) in [5.41, 5.74) is 3.09. The highest BCUT2D eigenvalue weighted by atomic mass is 32.2. The lowest BCUT2D eigenvalue weighted by molar-refractivity contribution is 0.0946. The van der Waals surface area contributed by atoms with Crippen LogP contribution >= 0.6 is 0 Å². The second kappa shape index (κ2) is 10.1. The third kappa shape index (κ3) is 4.63. The van der Waals surface area contributed by atoms with Crippen molar-refractivity contribution in [2.45, 2.75) is 38.1 Å². The van der Waals surface area contributed by atoms with Crippen LogP contribution in [0.4, 0.5) is 4.39 Å². The maximum Gasteiger partial charge on any atom is 0.272 e. The first-order chi connectivity index (χ1) is 18.2. The average molecular weight is 538 g/mol. The first-order valence-electron chi connectivity index (χ1n) is 12.3. The van der Waals surface area contributed by atoms with Gasteiger partial charge < -0.3 is 10.1 Å². The van der Waals surface area contributed by atoms with Crippen molar-refractivity contribution in [2.75, 3.05) is 20.2 Å². The molecule has 1 aliphatic heterocycles. The van der Waals surface area contributed by atoms with Gasteiger partial charge in [-0.2, -0.15) is 9.40 Å². The number of hydrogen-bond donors (Lipinski definition) is 1. The number of rotatable bonds is 7. The highest BCUT2D eigenvalue weighted by molar-refractivity contribution is 7.89. The maximum absolute atomic E-state index is 14.2. The van der Waals surface area contributed by atoms with Crippen LogP contribution in [-0.2, 0) is 16.6 Å². The Morgan fingerprint density at radius 2 is 1.84 bits per heavy atom. The molecule has 11 heteroatoms. The molecular weight excluding hydrogens is 509 g/mol. The van der Waals surface area contributed by atoms with Gasteiger partial charge in [-0.05, 0) is 56.5 Å². The molecule has 9 nitrogen and oxygen atoms in total. The quantitative estimate of drug-likeness (QED) is 0.384. The molecule has 0 atom stereocenters. The standard InChI is InChI=1S/C27H28FN5O4S/c1-17-14-18(2)33-26(30-17)24(25(31-33)27(34)29-16-20-8-4-5-9-21(20)28)19-10-11-22(37-3)23(15-19)38(35,36)32-12-6-7-13-32/h4-5,8-11,14-15H,6-7,12-13,16H2,1-3H3,(H,29,34). The Labute approximate surface area is 220 Å². The van der Waals surface area contributed by atoms with Crippen LogP contribution in [0.2, 0.25) is 0 Å². The van der Waals surface area contributed by atoms with Crippen molar-refractivity contribution in [3.8, 4) is 16.9 Å². The average Bonchev–Trinajstić information content (AvgIpc) is 3.57. The van der Waals surface area contributed by atoms with Crippen LogP contribution in [0.5, 0.6) is 5.75 Å². The van der Waals surface area contributed by atoms with Gasteiger partial charge in [0.2, 0.25) is 10.0 Å². The van der Waals surface area contributed by atoms with Crippen molar-refractivity contribution in [1.82, 2.24) is 24.2 Å². The molecule has 38 heavy (non-hydrogen) atoms. The molecule has 0 unspecified atom stereocenters. The molecule has 1 saturated heterocycles. The molecule has 1 amide bonds. The summed E-state index contributed by atoms with van der Waals surface area (Å²) < 4.78 is 49.6. The van der Waals surface area contributed by atoms with Crippen LogP contribution in [0, 0.1) is 19.7 Å². The number of fused-ring (bicyclic) bond motifs is 1. The van der Waals surface area contributed by atoms with Crippen molar-refractivity contribution in [3.63, 3.8) is 0 Å². The predicted molar refractivity (Wildman–Crippen MR) is 140 cm³/mol. The van der Waals surface area contributed by atoms with E-state index >= 15 is 0 Å². The van der Waals surface area contributed by atoms with E-state index in [9.17, 15) is 17.6 Å². The Morgan fingerprint density at radius 3 is 2.55 bits per heavy atom. The van der Waals surface area contributed by atoms with Crippen LogP contribution in [0.15, 0.2) is 53.4 Å². The summed E-state index contributed by atoms with van der Waals surface area (Å²) >= 11 is 0. The van der Waals surface area contributed by atoms with Gasteiger partial charge in [0.05, 0.1) is 12.7 Å². The fraction of sp³-hybridized carbons (Fsp3) is 0.296. The number of aryl methyl sites for hydroxylation is 2. The van der Waals surface area contributed by atoms with Gasteiger partial charge in [0.15, 0.2) is 11.3 Å². The van der Waals surface area contributed by atoms with E-state index in [1.165, 1.54) is 23.5 Å². The van der Waals surface area contributed by atoms with Crippen LogP contribution in [0.25, 0.3) is 16.8 Å². The Kier molecular flexibility index (Phi) is 6.89. The molecule has 0 bridgehead atoms. The van der Waals surface area contributed by atoms with Crippen molar-refractivity contribution >= 4 is 21.6 Å². The summed E-state index contributed by atoms with van der Waals surface area (Å²) in [6, 6.07) is 12.8. The van der Waals surface area contributed by atoms with E-state index in [1.807, 2.05) is 19.9 Å². The largest absolute Gasteiger partial charge is 0.495 e. The molecule has 1 N–H and O–H groups in total. The highest BCUT2D eigenvalue weighted by Gasteiger charge is 2.31. The first kappa shape index (κ1) is 25.8. The molecule has 1 fully saturated rings. The fourth-order valence-electron chi connectivity index (χ4n) is 4.75. The molecule has 0 saturated carbocycles. The van der Waals surface area contributed by atoms with Gasteiger partial charge >= 0.3 is 0 Å². The molecular formula is C27H28FN5O4S. The van der Waals surface area contributed by atoms with Crippen molar-refractivity contribution in [2.24, 2.45) is 0 Å². The Morgan fingerprint density at radius 1 is 1.11 bits per heavy atom. The number of aromatic nitrogens is 3. The minimum Gasteiger partial charge on any atom is -0.495 e. The predicted octanol–water partition coefficient (Wildman–Crippen LogP) is 3.88. The van der Waals surface area contributed by atoms with E-state index in [-0.39, 0.29) is 22.9 Å². The second-order valence-electron chi connectivity index (χ2n) is 9.25. The number of benzene rings is 2. The Bertz CT molecular complexity index is 1640. The van der Waals surface area contributed by atoms with Crippen molar-refractivity contribution < 1.29 is 22.3 Å². The third-order valence-corrected chi connectivity index (χ3v) is 8.56. The summed E-state index contributed by atoms with van der Waals surface area (Å²) in [5, 5.41) is 7.27. The van der Waals surface area contributed by atoms with E-state index < -0.39 is 21.7 Å². The zero-order chi connectivity index (χ0) is 27.0. The number of ether oxygens (including phenoxy) is 1. The van der Waals surface area contributed by atoms with Crippen LogP contribution in [-0.4, -0.2) is 53.4 Å². The number of carbonyl (C=O) groups is 1. The van der Waals surface area contributed by atoms with E-state index in [0.717, 1.165) is 18.5 Å². The molecule has 0 spiro atoms. The van der Waals surface area contributed by atoms with Crippen LogP contribution in [0.3, 0.4) is 0 Å². The van der Waals surface area contributed by atoms with E-state index in [1.54, 1.807) is 34.8 Å². The Hall–Kier alpha value is -3.83. The highest BCUT2D eigenvalue weighted by Crippen LogP contribution is 2.36. The molecule has 4 aromatic rings. The lowest BCUT2D eigenvalue weighted by atomic mass is 10.0. The SMILES string of the molecule is COc1ccc(-c2c(C(=O)NCc3ccccc3F)nn3c(C)cc(C)nc23)cc1S(=O)(=O)N1CCCC1. The minimum atomic E-state index is -3.83. The van der Waals surface area contributed by atoms with Gasteiger partial charge in [0.1, 0.15) is 16.5 Å². The normalized spacial score (nSPS) is 14.2. The van der Waals surface area contributed by atoms with Crippen molar-refractivity contribution in [3.05, 3.63) is 77.0 Å². The lowest BCUT2D eigenvalue weighted by Gasteiger charge is -2.18. The fourth-order valence-corrected chi connectivity index (χ4v) is 6.45. The summed E-state index contributed by atoms with van der Waals surface area (Å²) in [6.07, 6.45) is 1.59. The number of carbonyl (C=O) groups excluding carboxylic acids is 1. The first-order valence-corrected chi connectivity index (χ1v) is 13.7. The maximum atomic E-state index is 14.2. The number of nitrogens with zero attached hydrogens (tertiary/aromatic N) is 4. The molecule has 1 aliphatic rings. The summed E-state index contributed by atoms with van der Waals surface area (Å²) in [5.74, 6) is -0.753. The molecule has 2 aromatic heterocycles. The zero-order valence-electron chi connectivity index (χ0n) is 21.4. The van der Waals surface area contributed by atoms with Gasteiger partial charge in [-0.25, -0.2) is 22.3 Å². The third-order valence-electron chi connectivity index (χ3n) is 6.64. The molecule has 0 radical (unpaired) electrons. The number of methoxy groups -OCH3 is 1. The molecule has 3 heterocycles. The molecule has 0 aliphatic carbocycles. The van der Waals surface area contributed by atoms with Crippen molar-refractivity contribution in [1.29, 1.82) is 0 Å². The smallest absolute Gasteiger partial charge is 0.272 e. The molecule has 2 aromatic carbocycles.